The van der Waals surface area contributed by atoms with Gasteiger partial charge in [-0.25, -0.2) is 4.98 Å². The molecule has 1 amide bonds. The van der Waals surface area contributed by atoms with Gasteiger partial charge in [-0.2, -0.15) is 0 Å². The SMILES string of the molecule is Cc1ccc(OCCn2c([C@@H]3CC(=O)N(c4ccccc4Cl)C3)nc3ccccc32)c(C)c1. The van der Waals surface area contributed by atoms with E-state index in [1.165, 1.54) is 5.56 Å². The van der Waals surface area contributed by atoms with Crippen molar-refractivity contribution in [2.75, 3.05) is 18.1 Å². The molecule has 1 aliphatic heterocycles. The Labute approximate surface area is 198 Å². The van der Waals surface area contributed by atoms with Gasteiger partial charge in [-0.1, -0.05) is 53.6 Å². The molecular weight excluding hydrogens is 434 g/mol. The molecule has 6 heteroatoms. The molecule has 0 N–H and O–H groups in total. The van der Waals surface area contributed by atoms with Crippen molar-refractivity contribution in [3.8, 4) is 5.75 Å². The van der Waals surface area contributed by atoms with Crippen molar-refractivity contribution in [3.63, 3.8) is 0 Å². The van der Waals surface area contributed by atoms with Crippen molar-refractivity contribution in [3.05, 3.63) is 88.7 Å². The number of para-hydroxylation sites is 3. The number of ether oxygens (including phenoxy) is 1. The average Bonchev–Trinajstić information content (AvgIpc) is 3.36. The summed E-state index contributed by atoms with van der Waals surface area (Å²) < 4.78 is 8.32. The van der Waals surface area contributed by atoms with Crippen LogP contribution in [0.15, 0.2) is 66.7 Å². The van der Waals surface area contributed by atoms with Gasteiger partial charge < -0.3 is 14.2 Å². The van der Waals surface area contributed by atoms with E-state index in [1.807, 2.05) is 48.5 Å². The summed E-state index contributed by atoms with van der Waals surface area (Å²) in [5, 5.41) is 0.585. The van der Waals surface area contributed by atoms with Crippen molar-refractivity contribution in [2.24, 2.45) is 0 Å². The molecule has 4 aromatic rings. The lowest BCUT2D eigenvalue weighted by atomic mass is 10.1. The van der Waals surface area contributed by atoms with Crippen LogP contribution in [-0.2, 0) is 11.3 Å². The zero-order valence-corrected chi connectivity index (χ0v) is 19.5. The van der Waals surface area contributed by atoms with Crippen molar-refractivity contribution in [1.82, 2.24) is 9.55 Å². The summed E-state index contributed by atoms with van der Waals surface area (Å²) in [6.07, 6.45) is 0.409. The highest BCUT2D eigenvalue weighted by Crippen LogP contribution is 2.36. The van der Waals surface area contributed by atoms with Crippen LogP contribution in [0.1, 0.15) is 29.3 Å². The fraction of sp³-hybridized carbons (Fsp3) is 0.259. The Hall–Kier alpha value is -3.31. The number of benzene rings is 3. The minimum absolute atomic E-state index is 0.0118. The van der Waals surface area contributed by atoms with Crippen LogP contribution < -0.4 is 9.64 Å². The number of imidazole rings is 1. The molecule has 1 atom stereocenters. The van der Waals surface area contributed by atoms with Crippen LogP contribution in [0.5, 0.6) is 5.75 Å². The van der Waals surface area contributed by atoms with Gasteiger partial charge in [-0.05, 0) is 49.7 Å². The number of amides is 1. The molecule has 1 fully saturated rings. The molecular formula is C27H26ClN3O2. The van der Waals surface area contributed by atoms with Gasteiger partial charge in [0.25, 0.3) is 0 Å². The van der Waals surface area contributed by atoms with Crippen molar-refractivity contribution >= 4 is 34.2 Å². The summed E-state index contributed by atoms with van der Waals surface area (Å²) in [4.78, 5) is 19.6. The molecule has 0 aliphatic carbocycles. The predicted molar refractivity (Wildman–Crippen MR) is 132 cm³/mol. The van der Waals surface area contributed by atoms with Crippen LogP contribution in [0.3, 0.4) is 0 Å². The number of fused-ring (bicyclic) bond motifs is 1. The number of carbonyl (C=O) groups is 1. The molecule has 0 saturated carbocycles. The molecule has 0 unspecified atom stereocenters. The maximum Gasteiger partial charge on any atom is 0.227 e. The molecule has 3 aromatic carbocycles. The average molecular weight is 460 g/mol. The standard InChI is InChI=1S/C27H26ClN3O2/c1-18-11-12-25(19(2)15-18)33-14-13-30-24-10-6-4-8-22(24)29-27(30)20-16-26(32)31(17-20)23-9-5-3-7-21(23)28/h3-12,15,20H,13-14,16-17H2,1-2H3/t20-/m1/s1. The third-order valence-electron chi connectivity index (χ3n) is 6.22. The van der Waals surface area contributed by atoms with Gasteiger partial charge in [0.15, 0.2) is 0 Å². The highest BCUT2D eigenvalue weighted by Gasteiger charge is 2.35. The molecule has 5 nitrogen and oxygen atoms in total. The molecule has 0 spiro atoms. The van der Waals surface area contributed by atoms with Crippen LogP contribution in [0.25, 0.3) is 11.0 Å². The first kappa shape index (κ1) is 21.5. The fourth-order valence-electron chi connectivity index (χ4n) is 4.63. The molecule has 168 valence electrons. The number of aromatic nitrogens is 2. The van der Waals surface area contributed by atoms with Gasteiger partial charge >= 0.3 is 0 Å². The summed E-state index contributed by atoms with van der Waals surface area (Å²) in [6.45, 7) is 5.87. The number of hydrogen-bond donors (Lipinski definition) is 0. The van der Waals surface area contributed by atoms with Crippen molar-refractivity contribution < 1.29 is 9.53 Å². The number of halogens is 1. The third-order valence-corrected chi connectivity index (χ3v) is 6.54. The molecule has 2 heterocycles. The van der Waals surface area contributed by atoms with E-state index in [1.54, 1.807) is 4.90 Å². The van der Waals surface area contributed by atoms with Crippen LogP contribution in [0, 0.1) is 13.8 Å². The lowest BCUT2D eigenvalue weighted by Gasteiger charge is -2.18. The first-order valence-corrected chi connectivity index (χ1v) is 11.6. The second-order valence-electron chi connectivity index (χ2n) is 8.58. The van der Waals surface area contributed by atoms with Gasteiger partial charge in [0.2, 0.25) is 5.91 Å². The molecule has 5 rings (SSSR count). The van der Waals surface area contributed by atoms with E-state index in [4.69, 9.17) is 21.3 Å². The highest BCUT2D eigenvalue weighted by molar-refractivity contribution is 6.33. The summed E-state index contributed by atoms with van der Waals surface area (Å²) in [5.74, 6) is 1.87. The number of nitrogens with zero attached hydrogens (tertiary/aromatic N) is 3. The maximum absolute atomic E-state index is 12.9. The smallest absolute Gasteiger partial charge is 0.227 e. The zero-order chi connectivity index (χ0) is 22.9. The van der Waals surface area contributed by atoms with Gasteiger partial charge in [-0.3, -0.25) is 4.79 Å². The number of carbonyl (C=O) groups excluding carboxylic acids is 1. The molecule has 1 aromatic heterocycles. The second-order valence-corrected chi connectivity index (χ2v) is 8.99. The number of rotatable bonds is 6. The van der Waals surface area contributed by atoms with Gasteiger partial charge in [-0.15, -0.1) is 0 Å². The van der Waals surface area contributed by atoms with E-state index < -0.39 is 0 Å². The number of anilines is 1. The summed E-state index contributed by atoms with van der Waals surface area (Å²) >= 11 is 6.38. The van der Waals surface area contributed by atoms with Crippen LogP contribution >= 0.6 is 11.6 Å². The van der Waals surface area contributed by atoms with Gasteiger partial charge in [0.05, 0.1) is 28.3 Å². The van der Waals surface area contributed by atoms with Gasteiger partial charge in [0.1, 0.15) is 18.2 Å². The Bertz CT molecular complexity index is 1330. The Morgan fingerprint density at radius 2 is 1.85 bits per heavy atom. The Morgan fingerprint density at radius 1 is 1.06 bits per heavy atom. The van der Waals surface area contributed by atoms with E-state index >= 15 is 0 Å². The van der Waals surface area contributed by atoms with E-state index in [2.05, 4.69) is 36.6 Å². The van der Waals surface area contributed by atoms with E-state index in [9.17, 15) is 4.79 Å². The minimum Gasteiger partial charge on any atom is -0.491 e. The normalized spacial score (nSPS) is 16.0. The summed E-state index contributed by atoms with van der Waals surface area (Å²) in [5.41, 5.74) is 5.09. The minimum atomic E-state index is -0.0118. The topological polar surface area (TPSA) is 47.4 Å². The van der Waals surface area contributed by atoms with E-state index in [0.717, 1.165) is 33.9 Å². The van der Waals surface area contributed by atoms with Crippen molar-refractivity contribution in [2.45, 2.75) is 32.7 Å². The lowest BCUT2D eigenvalue weighted by molar-refractivity contribution is -0.117. The molecule has 33 heavy (non-hydrogen) atoms. The van der Waals surface area contributed by atoms with Crippen LogP contribution in [0.4, 0.5) is 5.69 Å². The Balaban J connectivity index is 1.41. The van der Waals surface area contributed by atoms with Crippen molar-refractivity contribution in [1.29, 1.82) is 0 Å². The summed E-state index contributed by atoms with van der Waals surface area (Å²) in [6, 6.07) is 21.8. The first-order chi connectivity index (χ1) is 16.0. The third kappa shape index (κ3) is 4.21. The van der Waals surface area contributed by atoms with Crippen LogP contribution in [0.2, 0.25) is 5.02 Å². The fourth-order valence-corrected chi connectivity index (χ4v) is 4.87. The molecule has 0 radical (unpaired) electrons. The van der Waals surface area contributed by atoms with Gasteiger partial charge in [0, 0.05) is 18.9 Å². The summed E-state index contributed by atoms with van der Waals surface area (Å²) in [7, 11) is 0. The highest BCUT2D eigenvalue weighted by atomic mass is 35.5. The maximum atomic E-state index is 12.9. The lowest BCUT2D eigenvalue weighted by Crippen LogP contribution is -2.25. The Morgan fingerprint density at radius 3 is 2.67 bits per heavy atom. The second kappa shape index (κ2) is 8.91. The Kier molecular flexibility index (Phi) is 5.81. The monoisotopic (exact) mass is 459 g/mol. The quantitative estimate of drug-likeness (QED) is 0.360. The largest absolute Gasteiger partial charge is 0.491 e. The van der Waals surface area contributed by atoms with E-state index in [0.29, 0.717) is 31.1 Å². The number of hydrogen-bond acceptors (Lipinski definition) is 3. The molecule has 0 bridgehead atoms. The predicted octanol–water partition coefficient (Wildman–Crippen LogP) is 5.91. The molecule has 1 saturated heterocycles. The van der Waals surface area contributed by atoms with Crippen LogP contribution in [-0.4, -0.2) is 28.6 Å². The number of aryl methyl sites for hydroxylation is 2. The molecule has 1 aliphatic rings. The zero-order valence-electron chi connectivity index (χ0n) is 18.8. The van der Waals surface area contributed by atoms with E-state index in [-0.39, 0.29) is 11.8 Å². The first-order valence-electron chi connectivity index (χ1n) is 11.2.